The second kappa shape index (κ2) is 6.95. The van der Waals surface area contributed by atoms with E-state index in [1.54, 1.807) is 29.7 Å². The molecule has 0 bridgehead atoms. The van der Waals surface area contributed by atoms with E-state index in [1.165, 1.54) is 31.4 Å². The summed E-state index contributed by atoms with van der Waals surface area (Å²) >= 11 is 12.2. The predicted octanol–water partition coefficient (Wildman–Crippen LogP) is 4.26. The predicted molar refractivity (Wildman–Crippen MR) is 101 cm³/mol. The number of benzene rings is 2. The van der Waals surface area contributed by atoms with E-state index in [2.05, 4.69) is 0 Å². The number of sulfone groups is 1. The number of nitrogens with zero attached hydrogens (tertiary/aromatic N) is 1. The average molecular weight is 412 g/mol. The van der Waals surface area contributed by atoms with Gasteiger partial charge in [0.1, 0.15) is 11.4 Å². The second-order valence-electron chi connectivity index (χ2n) is 5.67. The lowest BCUT2D eigenvalue weighted by molar-refractivity contribution is -0.141. The molecule has 0 radical (unpaired) electrons. The highest BCUT2D eigenvalue weighted by atomic mass is 35.5. The van der Waals surface area contributed by atoms with Crippen LogP contribution in [0, 0.1) is 6.92 Å². The summed E-state index contributed by atoms with van der Waals surface area (Å²) in [5, 5.41) is 1.25. The Balaban J connectivity index is 2.33. The molecule has 3 aromatic rings. The van der Waals surface area contributed by atoms with Crippen LogP contribution in [0.5, 0.6) is 0 Å². The minimum Gasteiger partial charge on any atom is -0.468 e. The van der Waals surface area contributed by atoms with Gasteiger partial charge in [-0.1, -0.05) is 35.3 Å². The number of methoxy groups -OCH3 is 1. The van der Waals surface area contributed by atoms with Crippen molar-refractivity contribution >= 4 is 49.9 Å². The maximum absolute atomic E-state index is 13.2. The summed E-state index contributed by atoms with van der Waals surface area (Å²) in [6.07, 6.45) is 0. The Kier molecular flexibility index (Phi) is 5.01. The lowest BCUT2D eigenvalue weighted by atomic mass is 10.2. The fraction of sp³-hybridized carbons (Fsp3) is 0.167. The third-order valence-corrected chi connectivity index (χ3v) is 6.64. The summed E-state index contributed by atoms with van der Waals surface area (Å²) in [4.78, 5) is 12.0. The van der Waals surface area contributed by atoms with Crippen LogP contribution in [0.15, 0.2) is 52.3 Å². The first-order chi connectivity index (χ1) is 12.3. The molecule has 0 spiro atoms. The van der Waals surface area contributed by atoms with Crippen molar-refractivity contribution in [3.8, 4) is 0 Å². The summed E-state index contributed by atoms with van der Waals surface area (Å²) in [5.74, 6) is -0.500. The quantitative estimate of drug-likeness (QED) is 0.601. The molecule has 0 aliphatic heterocycles. The number of halogens is 2. The van der Waals surface area contributed by atoms with Gasteiger partial charge in [0.2, 0.25) is 9.84 Å². The third kappa shape index (κ3) is 3.09. The molecule has 2 aromatic carbocycles. The molecule has 5 nitrogen and oxygen atoms in total. The van der Waals surface area contributed by atoms with Crippen molar-refractivity contribution in [3.63, 3.8) is 0 Å². The molecular weight excluding hydrogens is 397 g/mol. The zero-order valence-corrected chi connectivity index (χ0v) is 16.3. The van der Waals surface area contributed by atoms with Crippen LogP contribution in [0.3, 0.4) is 0 Å². The molecule has 0 aliphatic carbocycles. The molecule has 0 fully saturated rings. The van der Waals surface area contributed by atoms with E-state index >= 15 is 0 Å². The first kappa shape index (κ1) is 18.8. The number of esters is 1. The van der Waals surface area contributed by atoms with E-state index in [0.717, 1.165) is 0 Å². The molecule has 0 saturated heterocycles. The lowest BCUT2D eigenvalue weighted by Crippen LogP contribution is -2.13. The number of carbonyl (C=O) groups is 1. The third-order valence-electron chi connectivity index (χ3n) is 4.14. The molecule has 26 heavy (non-hydrogen) atoms. The minimum absolute atomic E-state index is 0.112. The largest absolute Gasteiger partial charge is 0.468 e. The van der Waals surface area contributed by atoms with E-state index in [-0.39, 0.29) is 16.3 Å². The number of hydrogen-bond donors (Lipinski definition) is 0. The van der Waals surface area contributed by atoms with Gasteiger partial charge in [0.05, 0.1) is 22.5 Å². The van der Waals surface area contributed by atoms with Crippen LogP contribution in [-0.4, -0.2) is 26.1 Å². The molecule has 0 atom stereocenters. The van der Waals surface area contributed by atoms with Gasteiger partial charge in [-0.15, -0.1) is 0 Å². The first-order valence-corrected chi connectivity index (χ1v) is 9.86. The van der Waals surface area contributed by atoms with Crippen molar-refractivity contribution in [2.75, 3.05) is 7.11 Å². The number of para-hydroxylation sites is 1. The summed E-state index contributed by atoms with van der Waals surface area (Å²) in [5.41, 5.74) is 0.887. The average Bonchev–Trinajstić information content (AvgIpc) is 2.88. The van der Waals surface area contributed by atoms with Gasteiger partial charge in [-0.05, 0) is 37.3 Å². The highest BCUT2D eigenvalue weighted by Gasteiger charge is 2.28. The van der Waals surface area contributed by atoms with Crippen molar-refractivity contribution in [1.29, 1.82) is 0 Å². The Morgan fingerprint density at radius 2 is 1.77 bits per heavy atom. The van der Waals surface area contributed by atoms with Gasteiger partial charge in [-0.3, -0.25) is 4.79 Å². The van der Waals surface area contributed by atoms with Gasteiger partial charge >= 0.3 is 5.97 Å². The maximum Gasteiger partial charge on any atom is 0.325 e. The van der Waals surface area contributed by atoms with Crippen LogP contribution in [0.4, 0.5) is 0 Å². The van der Waals surface area contributed by atoms with E-state index in [0.29, 0.717) is 26.6 Å². The Hall–Kier alpha value is -2.02. The number of aromatic nitrogens is 1. The Bertz CT molecular complexity index is 1100. The van der Waals surface area contributed by atoms with Crippen LogP contribution in [0.2, 0.25) is 10.0 Å². The summed E-state index contributed by atoms with van der Waals surface area (Å²) in [7, 11) is -2.57. The van der Waals surface area contributed by atoms with Crippen molar-refractivity contribution in [2.24, 2.45) is 0 Å². The smallest absolute Gasteiger partial charge is 0.325 e. The Morgan fingerprint density at radius 1 is 1.12 bits per heavy atom. The molecule has 1 aromatic heterocycles. The van der Waals surface area contributed by atoms with Crippen LogP contribution < -0.4 is 0 Å². The van der Waals surface area contributed by atoms with Crippen LogP contribution in [0.1, 0.15) is 5.69 Å². The SMILES string of the molecule is COC(=O)Cn1c(C)c(S(=O)(=O)c2ccc(Cl)cc2)c2cccc(Cl)c21. The molecule has 0 N–H and O–H groups in total. The van der Waals surface area contributed by atoms with Crippen LogP contribution >= 0.6 is 23.2 Å². The van der Waals surface area contributed by atoms with Gasteiger partial charge in [0, 0.05) is 16.1 Å². The lowest BCUT2D eigenvalue weighted by Gasteiger charge is -2.08. The molecule has 8 heteroatoms. The number of carbonyl (C=O) groups excluding carboxylic acids is 1. The van der Waals surface area contributed by atoms with Crippen LogP contribution in [0.25, 0.3) is 10.9 Å². The molecule has 136 valence electrons. The van der Waals surface area contributed by atoms with Gasteiger partial charge in [-0.2, -0.15) is 0 Å². The van der Waals surface area contributed by atoms with E-state index in [9.17, 15) is 13.2 Å². The summed E-state index contributed by atoms with van der Waals surface area (Å²) < 4.78 is 32.8. The summed E-state index contributed by atoms with van der Waals surface area (Å²) in [6.45, 7) is 1.50. The zero-order chi connectivity index (χ0) is 19.1. The van der Waals surface area contributed by atoms with E-state index < -0.39 is 15.8 Å². The van der Waals surface area contributed by atoms with Gasteiger partial charge in [-0.25, -0.2) is 8.42 Å². The molecule has 0 aliphatic rings. The Labute approximate surface area is 161 Å². The molecule has 1 heterocycles. The fourth-order valence-corrected chi connectivity index (χ4v) is 5.01. The van der Waals surface area contributed by atoms with Crippen molar-refractivity contribution in [1.82, 2.24) is 4.57 Å². The van der Waals surface area contributed by atoms with Gasteiger partial charge in [0.15, 0.2) is 0 Å². The number of fused-ring (bicyclic) bond motifs is 1. The molecule has 3 rings (SSSR count). The maximum atomic E-state index is 13.2. The van der Waals surface area contributed by atoms with E-state index in [1.807, 2.05) is 0 Å². The normalized spacial score (nSPS) is 11.7. The zero-order valence-electron chi connectivity index (χ0n) is 14.0. The highest BCUT2D eigenvalue weighted by Crippen LogP contribution is 2.37. The monoisotopic (exact) mass is 411 g/mol. The standard InChI is InChI=1S/C18H15Cl2NO4S/c1-11-18(26(23,24)13-8-6-12(19)7-9-13)14-4-3-5-15(20)17(14)21(11)10-16(22)25-2/h3-9H,10H2,1-2H3. The van der Waals surface area contributed by atoms with Crippen molar-refractivity contribution < 1.29 is 17.9 Å². The molecular formula is C18H15Cl2NO4S. The number of hydrogen-bond acceptors (Lipinski definition) is 4. The Morgan fingerprint density at radius 3 is 2.38 bits per heavy atom. The number of ether oxygens (including phenoxy) is 1. The number of rotatable bonds is 4. The second-order valence-corrected chi connectivity index (χ2v) is 8.40. The van der Waals surface area contributed by atoms with E-state index in [4.69, 9.17) is 27.9 Å². The van der Waals surface area contributed by atoms with Crippen molar-refractivity contribution in [2.45, 2.75) is 23.3 Å². The fourth-order valence-electron chi connectivity index (χ4n) is 2.92. The molecule has 0 saturated carbocycles. The summed E-state index contributed by atoms with van der Waals surface area (Å²) in [6, 6.07) is 10.9. The minimum atomic E-state index is -3.84. The molecule has 0 amide bonds. The highest BCUT2D eigenvalue weighted by molar-refractivity contribution is 7.91. The molecule has 0 unspecified atom stereocenters. The van der Waals surface area contributed by atoms with Crippen LogP contribution in [-0.2, 0) is 25.9 Å². The first-order valence-electron chi connectivity index (χ1n) is 7.62. The topological polar surface area (TPSA) is 65.4 Å². The van der Waals surface area contributed by atoms with Crippen molar-refractivity contribution in [3.05, 3.63) is 58.2 Å². The van der Waals surface area contributed by atoms with Gasteiger partial charge < -0.3 is 9.30 Å². The van der Waals surface area contributed by atoms with Gasteiger partial charge in [0.25, 0.3) is 0 Å².